The van der Waals surface area contributed by atoms with Crippen LogP contribution in [-0.4, -0.2) is 14.2 Å². The molecule has 1 rings (SSSR count). The Kier molecular flexibility index (Phi) is 3.85. The highest BCUT2D eigenvalue weighted by Gasteiger charge is 2.14. The first kappa shape index (κ1) is 12.5. The molecule has 0 aliphatic heterocycles. The lowest BCUT2D eigenvalue weighted by molar-refractivity contribution is 0.599. The number of benzene rings is 1. The van der Waals surface area contributed by atoms with Crippen LogP contribution in [0, 0.1) is 17.1 Å². The Bertz CT molecular complexity index is 520. The van der Waals surface area contributed by atoms with Crippen LogP contribution in [0.3, 0.4) is 0 Å². The lowest BCUT2D eigenvalue weighted by atomic mass is 10.2. The Labute approximate surface area is 93.8 Å². The molecule has 1 aromatic carbocycles. The van der Waals surface area contributed by atoms with Crippen LogP contribution >= 0.6 is 0 Å². The molecule has 0 aromatic heterocycles. The van der Waals surface area contributed by atoms with Gasteiger partial charge in [0.1, 0.15) is 17.4 Å². The number of rotatable bonds is 4. The zero-order valence-electron chi connectivity index (χ0n) is 8.70. The van der Waals surface area contributed by atoms with Crippen molar-refractivity contribution < 1.29 is 12.8 Å². The number of sulfonamides is 1. The summed E-state index contributed by atoms with van der Waals surface area (Å²) in [6.07, 6.45) is 0.451. The van der Waals surface area contributed by atoms with E-state index < -0.39 is 15.8 Å². The molecule has 0 radical (unpaired) electrons. The van der Waals surface area contributed by atoms with Crippen molar-refractivity contribution in [3.05, 3.63) is 29.6 Å². The SMILES string of the molecule is CCCS(=O)(=O)Nc1cccc(F)c1C#N. The van der Waals surface area contributed by atoms with E-state index in [0.717, 1.165) is 6.07 Å². The van der Waals surface area contributed by atoms with E-state index in [9.17, 15) is 12.8 Å². The predicted octanol–water partition coefficient (Wildman–Crippen LogP) is 1.85. The minimum Gasteiger partial charge on any atom is -0.282 e. The normalized spacial score (nSPS) is 10.8. The summed E-state index contributed by atoms with van der Waals surface area (Å²) in [5.41, 5.74) is -0.307. The third kappa shape index (κ3) is 2.94. The van der Waals surface area contributed by atoms with Gasteiger partial charge in [-0.3, -0.25) is 4.72 Å². The highest BCUT2D eigenvalue weighted by molar-refractivity contribution is 7.92. The topological polar surface area (TPSA) is 70.0 Å². The smallest absolute Gasteiger partial charge is 0.232 e. The van der Waals surface area contributed by atoms with Gasteiger partial charge in [-0.2, -0.15) is 5.26 Å². The quantitative estimate of drug-likeness (QED) is 0.875. The molecular formula is C10H11FN2O2S. The molecule has 1 aromatic rings. The summed E-state index contributed by atoms with van der Waals surface area (Å²) in [5.74, 6) is -0.798. The average molecular weight is 242 g/mol. The van der Waals surface area contributed by atoms with E-state index in [1.807, 2.05) is 0 Å². The summed E-state index contributed by atoms with van der Waals surface area (Å²) in [6.45, 7) is 1.72. The first-order valence-electron chi connectivity index (χ1n) is 4.69. The number of nitrogens with zero attached hydrogens (tertiary/aromatic N) is 1. The number of anilines is 1. The van der Waals surface area contributed by atoms with E-state index in [1.165, 1.54) is 12.1 Å². The fraction of sp³-hybridized carbons (Fsp3) is 0.300. The first-order chi connectivity index (χ1) is 7.50. The van der Waals surface area contributed by atoms with Crippen molar-refractivity contribution in [3.63, 3.8) is 0 Å². The van der Waals surface area contributed by atoms with Crippen LogP contribution in [0.25, 0.3) is 0 Å². The second kappa shape index (κ2) is 4.94. The number of nitriles is 1. The van der Waals surface area contributed by atoms with Crippen molar-refractivity contribution in [1.82, 2.24) is 0 Å². The van der Waals surface area contributed by atoms with Crippen molar-refractivity contribution in [1.29, 1.82) is 5.26 Å². The highest BCUT2D eigenvalue weighted by Crippen LogP contribution is 2.19. The standard InChI is InChI=1S/C10H11FN2O2S/c1-2-6-16(14,15)13-10-5-3-4-9(11)8(10)7-12/h3-5,13H,2,6H2,1H3. The van der Waals surface area contributed by atoms with Crippen molar-refractivity contribution in [2.45, 2.75) is 13.3 Å². The van der Waals surface area contributed by atoms with E-state index in [-0.39, 0.29) is 17.0 Å². The lowest BCUT2D eigenvalue weighted by Gasteiger charge is -2.08. The van der Waals surface area contributed by atoms with Crippen LogP contribution in [0.2, 0.25) is 0 Å². The third-order valence-corrected chi connectivity index (χ3v) is 3.34. The summed E-state index contributed by atoms with van der Waals surface area (Å²) in [5, 5.41) is 8.70. The predicted molar refractivity (Wildman–Crippen MR) is 58.8 cm³/mol. The van der Waals surface area contributed by atoms with Gasteiger partial charge in [0.25, 0.3) is 0 Å². The summed E-state index contributed by atoms with van der Waals surface area (Å²) < 4.78 is 38.2. The maximum absolute atomic E-state index is 13.2. The van der Waals surface area contributed by atoms with Gasteiger partial charge in [-0.25, -0.2) is 12.8 Å². The molecule has 0 unspecified atom stereocenters. The van der Waals surface area contributed by atoms with Crippen LogP contribution < -0.4 is 4.72 Å². The van der Waals surface area contributed by atoms with Crippen LogP contribution in [-0.2, 0) is 10.0 Å². The van der Waals surface area contributed by atoms with Gasteiger partial charge in [-0.1, -0.05) is 13.0 Å². The van der Waals surface area contributed by atoms with Gasteiger partial charge >= 0.3 is 0 Å². The molecule has 0 aliphatic carbocycles. The second-order valence-corrected chi connectivity index (χ2v) is 5.04. The summed E-state index contributed by atoms with van der Waals surface area (Å²) in [6, 6.07) is 5.44. The lowest BCUT2D eigenvalue weighted by Crippen LogP contribution is -2.17. The molecular weight excluding hydrogens is 231 g/mol. The van der Waals surface area contributed by atoms with E-state index in [1.54, 1.807) is 13.0 Å². The molecule has 0 bridgehead atoms. The second-order valence-electron chi connectivity index (χ2n) is 3.20. The Morgan fingerprint density at radius 1 is 1.50 bits per heavy atom. The first-order valence-corrected chi connectivity index (χ1v) is 6.34. The number of halogens is 1. The fourth-order valence-corrected chi connectivity index (χ4v) is 2.35. The van der Waals surface area contributed by atoms with Crippen molar-refractivity contribution in [3.8, 4) is 6.07 Å². The molecule has 0 fully saturated rings. The molecule has 86 valence electrons. The molecule has 1 N–H and O–H groups in total. The Hall–Kier alpha value is -1.61. The average Bonchev–Trinajstić information content (AvgIpc) is 2.17. The summed E-state index contributed by atoms with van der Waals surface area (Å²) in [4.78, 5) is 0. The molecule has 0 heterocycles. The van der Waals surface area contributed by atoms with Crippen molar-refractivity contribution in [2.24, 2.45) is 0 Å². The molecule has 0 spiro atoms. The van der Waals surface area contributed by atoms with Crippen LogP contribution in [0.15, 0.2) is 18.2 Å². The maximum atomic E-state index is 13.2. The van der Waals surface area contributed by atoms with E-state index in [4.69, 9.17) is 5.26 Å². The van der Waals surface area contributed by atoms with Gasteiger partial charge in [0.15, 0.2) is 0 Å². The van der Waals surface area contributed by atoms with Crippen LogP contribution in [0.5, 0.6) is 0 Å². The van der Waals surface area contributed by atoms with Gasteiger partial charge in [0.2, 0.25) is 10.0 Å². The summed E-state index contributed by atoms with van der Waals surface area (Å²) in [7, 11) is -3.50. The molecule has 4 nitrogen and oxygen atoms in total. The number of nitrogens with one attached hydrogen (secondary N) is 1. The molecule has 0 atom stereocenters. The van der Waals surface area contributed by atoms with Gasteiger partial charge in [-0.15, -0.1) is 0 Å². The zero-order valence-corrected chi connectivity index (χ0v) is 9.51. The van der Waals surface area contributed by atoms with E-state index in [0.29, 0.717) is 6.42 Å². The highest BCUT2D eigenvalue weighted by atomic mass is 32.2. The van der Waals surface area contributed by atoms with E-state index in [2.05, 4.69) is 4.72 Å². The number of hydrogen-bond donors (Lipinski definition) is 1. The van der Waals surface area contributed by atoms with Crippen LogP contribution in [0.1, 0.15) is 18.9 Å². The minimum atomic E-state index is -3.50. The Morgan fingerprint density at radius 2 is 2.19 bits per heavy atom. The maximum Gasteiger partial charge on any atom is 0.232 e. The van der Waals surface area contributed by atoms with Gasteiger partial charge < -0.3 is 0 Å². The van der Waals surface area contributed by atoms with Crippen molar-refractivity contribution >= 4 is 15.7 Å². The molecule has 0 aliphatic rings. The van der Waals surface area contributed by atoms with E-state index >= 15 is 0 Å². The minimum absolute atomic E-state index is 0.0176. The Balaban J connectivity index is 3.08. The monoisotopic (exact) mass is 242 g/mol. The van der Waals surface area contributed by atoms with Gasteiger partial charge in [0, 0.05) is 0 Å². The van der Waals surface area contributed by atoms with Gasteiger partial charge in [-0.05, 0) is 18.6 Å². The molecule has 0 saturated carbocycles. The molecule has 0 saturated heterocycles. The van der Waals surface area contributed by atoms with Gasteiger partial charge in [0.05, 0.1) is 11.4 Å². The van der Waals surface area contributed by atoms with Crippen LogP contribution in [0.4, 0.5) is 10.1 Å². The summed E-state index contributed by atoms with van der Waals surface area (Å²) >= 11 is 0. The largest absolute Gasteiger partial charge is 0.282 e. The molecule has 6 heteroatoms. The Morgan fingerprint density at radius 3 is 2.75 bits per heavy atom. The van der Waals surface area contributed by atoms with Crippen molar-refractivity contribution in [2.75, 3.05) is 10.5 Å². The number of hydrogen-bond acceptors (Lipinski definition) is 3. The fourth-order valence-electron chi connectivity index (χ4n) is 1.21. The zero-order chi connectivity index (χ0) is 12.2. The third-order valence-electron chi connectivity index (χ3n) is 1.86. The molecule has 0 amide bonds. The molecule has 16 heavy (non-hydrogen) atoms.